The van der Waals surface area contributed by atoms with Gasteiger partial charge in [0.2, 0.25) is 0 Å². The Labute approximate surface area is 123 Å². The highest BCUT2D eigenvalue weighted by Crippen LogP contribution is 2.38. The number of rotatable bonds is 2. The Morgan fingerprint density at radius 1 is 0.857 bits per heavy atom. The first-order valence-corrected chi connectivity index (χ1v) is 6.85. The van der Waals surface area contributed by atoms with Crippen LogP contribution in [0.3, 0.4) is 0 Å². The lowest BCUT2D eigenvalue weighted by atomic mass is 10.0. The largest absolute Gasteiger partial charge is 0.506 e. The number of phenols is 1. The molecule has 0 heterocycles. The van der Waals surface area contributed by atoms with E-state index in [0.29, 0.717) is 5.69 Å². The van der Waals surface area contributed by atoms with Gasteiger partial charge in [-0.3, -0.25) is 0 Å². The number of hydrogen-bond donors (Lipinski definition) is 1. The quantitative estimate of drug-likeness (QED) is 0.610. The van der Waals surface area contributed by atoms with Crippen LogP contribution in [0.5, 0.6) is 5.75 Å². The second kappa shape index (κ2) is 5.37. The molecule has 21 heavy (non-hydrogen) atoms. The molecular weight excluding hydrogens is 260 g/mol. The first kappa shape index (κ1) is 13.3. The third-order valence-corrected chi connectivity index (χ3v) is 3.43. The first-order chi connectivity index (χ1) is 10.1. The molecule has 0 saturated heterocycles. The highest BCUT2D eigenvalue weighted by atomic mass is 16.3. The molecule has 0 aliphatic rings. The van der Waals surface area contributed by atoms with Crippen molar-refractivity contribution in [2.24, 2.45) is 10.2 Å². The van der Waals surface area contributed by atoms with Crippen LogP contribution in [0.15, 0.2) is 64.8 Å². The van der Waals surface area contributed by atoms with Crippen LogP contribution in [0.2, 0.25) is 0 Å². The van der Waals surface area contributed by atoms with E-state index in [2.05, 4.69) is 29.3 Å². The van der Waals surface area contributed by atoms with Gasteiger partial charge in [0, 0.05) is 5.39 Å². The molecule has 3 heteroatoms. The number of phenolic OH excluding ortho intramolecular Hbond substituents is 1. The topological polar surface area (TPSA) is 45.0 Å². The van der Waals surface area contributed by atoms with Crippen molar-refractivity contribution < 1.29 is 5.11 Å². The highest BCUT2D eigenvalue weighted by Gasteiger charge is 2.09. The van der Waals surface area contributed by atoms with Crippen LogP contribution in [0.4, 0.5) is 11.4 Å². The molecule has 0 aliphatic carbocycles. The molecule has 0 radical (unpaired) electrons. The van der Waals surface area contributed by atoms with Gasteiger partial charge in [-0.1, -0.05) is 42.0 Å². The Balaban J connectivity index is 2.18. The van der Waals surface area contributed by atoms with E-state index < -0.39 is 0 Å². The van der Waals surface area contributed by atoms with Crippen molar-refractivity contribution in [3.05, 3.63) is 65.7 Å². The van der Waals surface area contributed by atoms with E-state index in [9.17, 15) is 5.11 Å². The summed E-state index contributed by atoms with van der Waals surface area (Å²) in [6, 6.07) is 17.3. The molecule has 0 aliphatic heterocycles. The summed E-state index contributed by atoms with van der Waals surface area (Å²) in [5.74, 6) is 0.147. The maximum absolute atomic E-state index is 10.1. The van der Waals surface area contributed by atoms with Crippen LogP contribution in [-0.4, -0.2) is 5.11 Å². The van der Waals surface area contributed by atoms with Crippen LogP contribution in [0.25, 0.3) is 10.8 Å². The zero-order valence-corrected chi connectivity index (χ0v) is 12.0. The zero-order chi connectivity index (χ0) is 14.8. The summed E-state index contributed by atoms with van der Waals surface area (Å²) in [6.45, 7) is 4.08. The third kappa shape index (κ3) is 2.63. The molecule has 0 aromatic heterocycles. The predicted molar refractivity (Wildman–Crippen MR) is 85.7 cm³/mol. The number of aromatic hydroxyl groups is 1. The number of nitrogens with zero attached hydrogens (tertiary/aromatic N) is 2. The van der Waals surface area contributed by atoms with Crippen LogP contribution >= 0.6 is 0 Å². The van der Waals surface area contributed by atoms with Crippen LogP contribution < -0.4 is 0 Å². The minimum atomic E-state index is 0.147. The summed E-state index contributed by atoms with van der Waals surface area (Å²) in [5, 5.41) is 20.6. The summed E-state index contributed by atoms with van der Waals surface area (Å²) >= 11 is 0. The van der Waals surface area contributed by atoms with Crippen molar-refractivity contribution in [1.29, 1.82) is 0 Å². The standard InChI is InChI=1S/C18H16N2O/c1-12-10-13(2)17-14(11-12)8-9-16(21)18(17)20-19-15-6-4-3-5-7-15/h3-11,21H,1-2H3. The minimum Gasteiger partial charge on any atom is -0.506 e. The van der Waals surface area contributed by atoms with E-state index in [1.165, 1.54) is 5.56 Å². The van der Waals surface area contributed by atoms with Gasteiger partial charge < -0.3 is 5.11 Å². The predicted octanol–water partition coefficient (Wildman–Crippen LogP) is 5.58. The normalized spacial score (nSPS) is 11.3. The fourth-order valence-corrected chi connectivity index (χ4v) is 2.53. The Hall–Kier alpha value is -2.68. The molecule has 3 nitrogen and oxygen atoms in total. The summed E-state index contributed by atoms with van der Waals surface area (Å²) in [4.78, 5) is 0. The molecule has 0 spiro atoms. The van der Waals surface area contributed by atoms with Crippen molar-refractivity contribution >= 4 is 22.1 Å². The maximum atomic E-state index is 10.1. The van der Waals surface area contributed by atoms with Gasteiger partial charge in [0.05, 0.1) is 5.69 Å². The van der Waals surface area contributed by atoms with E-state index in [-0.39, 0.29) is 5.75 Å². The van der Waals surface area contributed by atoms with Crippen LogP contribution in [0, 0.1) is 13.8 Å². The van der Waals surface area contributed by atoms with E-state index in [1.54, 1.807) is 6.07 Å². The van der Waals surface area contributed by atoms with E-state index in [1.807, 2.05) is 43.3 Å². The SMILES string of the molecule is Cc1cc(C)c2c(N=Nc3ccccc3)c(O)ccc2c1. The van der Waals surface area contributed by atoms with Crippen molar-refractivity contribution in [1.82, 2.24) is 0 Å². The zero-order valence-electron chi connectivity index (χ0n) is 12.0. The molecule has 3 aromatic carbocycles. The van der Waals surface area contributed by atoms with E-state index in [0.717, 1.165) is 22.0 Å². The van der Waals surface area contributed by atoms with E-state index >= 15 is 0 Å². The van der Waals surface area contributed by atoms with Gasteiger partial charge in [0.25, 0.3) is 0 Å². The summed E-state index contributed by atoms with van der Waals surface area (Å²) in [6.07, 6.45) is 0. The molecule has 0 saturated carbocycles. The average Bonchev–Trinajstić information content (AvgIpc) is 2.47. The fraction of sp³-hybridized carbons (Fsp3) is 0.111. The Morgan fingerprint density at radius 2 is 1.62 bits per heavy atom. The lowest BCUT2D eigenvalue weighted by Gasteiger charge is -2.08. The number of hydrogen-bond acceptors (Lipinski definition) is 3. The second-order valence-electron chi connectivity index (χ2n) is 5.15. The van der Waals surface area contributed by atoms with Crippen molar-refractivity contribution in [2.75, 3.05) is 0 Å². The van der Waals surface area contributed by atoms with Crippen molar-refractivity contribution in [3.8, 4) is 5.75 Å². The van der Waals surface area contributed by atoms with Gasteiger partial charge in [-0.05, 0) is 43.0 Å². The minimum absolute atomic E-state index is 0.147. The number of azo groups is 1. The van der Waals surface area contributed by atoms with Gasteiger partial charge in [0.1, 0.15) is 11.4 Å². The Morgan fingerprint density at radius 3 is 2.38 bits per heavy atom. The molecule has 104 valence electrons. The molecule has 1 N–H and O–H groups in total. The summed E-state index contributed by atoms with van der Waals surface area (Å²) < 4.78 is 0. The Bertz CT molecular complexity index is 823. The first-order valence-electron chi connectivity index (χ1n) is 6.85. The third-order valence-electron chi connectivity index (χ3n) is 3.43. The number of benzene rings is 3. The number of aryl methyl sites for hydroxylation is 2. The number of fused-ring (bicyclic) bond motifs is 1. The van der Waals surface area contributed by atoms with Crippen molar-refractivity contribution in [3.63, 3.8) is 0 Å². The average molecular weight is 276 g/mol. The monoisotopic (exact) mass is 276 g/mol. The van der Waals surface area contributed by atoms with Crippen molar-refractivity contribution in [2.45, 2.75) is 13.8 Å². The molecule has 3 aromatic rings. The summed E-state index contributed by atoms with van der Waals surface area (Å²) in [5.41, 5.74) is 3.56. The van der Waals surface area contributed by atoms with Gasteiger partial charge in [-0.2, -0.15) is 5.11 Å². The molecule has 0 atom stereocenters. The molecule has 0 amide bonds. The van der Waals surface area contributed by atoms with Gasteiger partial charge in [0.15, 0.2) is 0 Å². The van der Waals surface area contributed by atoms with Gasteiger partial charge in [-0.15, -0.1) is 5.11 Å². The van der Waals surface area contributed by atoms with E-state index in [4.69, 9.17) is 0 Å². The van der Waals surface area contributed by atoms with Crippen LogP contribution in [0.1, 0.15) is 11.1 Å². The fourth-order valence-electron chi connectivity index (χ4n) is 2.53. The maximum Gasteiger partial charge on any atom is 0.143 e. The lowest BCUT2D eigenvalue weighted by molar-refractivity contribution is 0.477. The molecular formula is C18H16N2O. The van der Waals surface area contributed by atoms with Gasteiger partial charge >= 0.3 is 0 Å². The highest BCUT2D eigenvalue weighted by molar-refractivity contribution is 5.98. The van der Waals surface area contributed by atoms with Crippen LogP contribution in [-0.2, 0) is 0 Å². The van der Waals surface area contributed by atoms with Gasteiger partial charge in [-0.25, -0.2) is 0 Å². The molecule has 0 fully saturated rings. The lowest BCUT2D eigenvalue weighted by Crippen LogP contribution is -1.83. The molecule has 3 rings (SSSR count). The smallest absolute Gasteiger partial charge is 0.143 e. The summed E-state index contributed by atoms with van der Waals surface area (Å²) in [7, 11) is 0. The molecule has 0 bridgehead atoms. The Kier molecular flexibility index (Phi) is 3.40. The second-order valence-corrected chi connectivity index (χ2v) is 5.15. The molecule has 0 unspecified atom stereocenters.